The number of ether oxygens (including phenoxy) is 1. The number of rotatable bonds is 7. The highest BCUT2D eigenvalue weighted by molar-refractivity contribution is 5.94. The Labute approximate surface area is 163 Å². The molecular formula is C18H18F4N4O3. The zero-order valence-corrected chi connectivity index (χ0v) is 15.5. The molecule has 0 aliphatic carbocycles. The summed E-state index contributed by atoms with van der Waals surface area (Å²) >= 11 is 0. The second-order valence-corrected chi connectivity index (χ2v) is 5.99. The minimum Gasteiger partial charge on any atom is -0.466 e. The van der Waals surface area contributed by atoms with Crippen molar-refractivity contribution >= 4 is 17.6 Å². The molecule has 0 aliphatic heterocycles. The van der Waals surface area contributed by atoms with E-state index < -0.39 is 36.4 Å². The van der Waals surface area contributed by atoms with Gasteiger partial charge in [-0.15, -0.1) is 0 Å². The number of anilines is 1. The van der Waals surface area contributed by atoms with E-state index in [0.29, 0.717) is 11.4 Å². The molecule has 0 fully saturated rings. The number of hydrogen-bond donors (Lipinski definition) is 2. The van der Waals surface area contributed by atoms with E-state index >= 15 is 0 Å². The predicted octanol–water partition coefficient (Wildman–Crippen LogP) is 3.40. The van der Waals surface area contributed by atoms with E-state index in [1.165, 1.54) is 6.20 Å². The van der Waals surface area contributed by atoms with Gasteiger partial charge in [0.2, 0.25) is 5.91 Å². The van der Waals surface area contributed by atoms with Crippen molar-refractivity contribution in [3.05, 3.63) is 47.5 Å². The van der Waals surface area contributed by atoms with Crippen molar-refractivity contribution in [3.63, 3.8) is 0 Å². The number of halogens is 4. The number of pyridine rings is 2. The molecule has 11 heteroatoms. The molecule has 0 saturated heterocycles. The van der Waals surface area contributed by atoms with Gasteiger partial charge in [0.15, 0.2) is 12.4 Å². The SMILES string of the molecule is CCC(=O)Nc1cc(C(C)NC(=O)c2cnc(OCC(F)(F)F)c(F)c2)ccn1. The fourth-order valence-electron chi connectivity index (χ4n) is 2.19. The maximum atomic E-state index is 13.9. The lowest BCUT2D eigenvalue weighted by atomic mass is 10.1. The van der Waals surface area contributed by atoms with Gasteiger partial charge < -0.3 is 15.4 Å². The lowest BCUT2D eigenvalue weighted by Gasteiger charge is -2.15. The molecule has 0 saturated carbocycles. The molecule has 2 aromatic rings. The summed E-state index contributed by atoms with van der Waals surface area (Å²) in [5.41, 5.74) is 0.431. The first-order valence-electron chi connectivity index (χ1n) is 8.50. The van der Waals surface area contributed by atoms with Crippen LogP contribution in [-0.2, 0) is 4.79 Å². The smallest absolute Gasteiger partial charge is 0.422 e. The zero-order chi connectivity index (χ0) is 21.6. The summed E-state index contributed by atoms with van der Waals surface area (Å²) in [6, 6.07) is 3.40. The van der Waals surface area contributed by atoms with Crippen molar-refractivity contribution in [2.45, 2.75) is 32.5 Å². The highest BCUT2D eigenvalue weighted by atomic mass is 19.4. The van der Waals surface area contributed by atoms with Crippen LogP contribution in [0.25, 0.3) is 0 Å². The van der Waals surface area contributed by atoms with Gasteiger partial charge in [0.05, 0.1) is 11.6 Å². The minimum absolute atomic E-state index is 0.192. The van der Waals surface area contributed by atoms with Gasteiger partial charge in [0.1, 0.15) is 5.82 Å². The molecule has 2 heterocycles. The van der Waals surface area contributed by atoms with Gasteiger partial charge in [0, 0.05) is 18.8 Å². The number of nitrogens with zero attached hydrogens (tertiary/aromatic N) is 2. The second kappa shape index (κ2) is 9.30. The molecule has 2 rings (SSSR count). The quantitative estimate of drug-likeness (QED) is 0.678. The third kappa shape index (κ3) is 6.70. The molecule has 0 aliphatic rings. The molecule has 1 atom stereocenters. The van der Waals surface area contributed by atoms with E-state index in [0.717, 1.165) is 12.3 Å². The Hall–Kier alpha value is -3.24. The molecule has 0 bridgehead atoms. The lowest BCUT2D eigenvalue weighted by molar-refractivity contribution is -0.154. The van der Waals surface area contributed by atoms with E-state index in [9.17, 15) is 27.2 Å². The monoisotopic (exact) mass is 414 g/mol. The molecular weight excluding hydrogens is 396 g/mol. The summed E-state index contributed by atoms with van der Waals surface area (Å²) in [5.74, 6) is -2.64. The fourth-order valence-corrected chi connectivity index (χ4v) is 2.19. The Morgan fingerprint density at radius 3 is 2.59 bits per heavy atom. The zero-order valence-electron chi connectivity index (χ0n) is 15.5. The van der Waals surface area contributed by atoms with Crippen molar-refractivity contribution < 1.29 is 31.9 Å². The topological polar surface area (TPSA) is 93.2 Å². The van der Waals surface area contributed by atoms with Crippen molar-refractivity contribution in [1.82, 2.24) is 15.3 Å². The first kappa shape index (κ1) is 22.1. The van der Waals surface area contributed by atoms with Crippen LogP contribution in [0.5, 0.6) is 5.88 Å². The average Bonchev–Trinajstić information content (AvgIpc) is 2.66. The van der Waals surface area contributed by atoms with Crippen LogP contribution in [0.1, 0.15) is 42.2 Å². The van der Waals surface area contributed by atoms with E-state index in [-0.39, 0.29) is 17.9 Å². The standard InChI is InChI=1S/C18H18F4N4O3/c1-3-15(27)26-14-7-11(4-5-23-14)10(2)25-16(28)12-6-13(19)17(24-8-12)29-9-18(20,21)22/h4-8,10H,3,9H2,1-2H3,(H,25,28)(H,23,26,27). The molecule has 2 aromatic heterocycles. The highest BCUT2D eigenvalue weighted by Gasteiger charge is 2.29. The highest BCUT2D eigenvalue weighted by Crippen LogP contribution is 2.21. The number of carbonyl (C=O) groups is 2. The number of nitrogens with one attached hydrogen (secondary N) is 2. The Balaban J connectivity index is 2.05. The van der Waals surface area contributed by atoms with Crippen LogP contribution in [0.2, 0.25) is 0 Å². The molecule has 156 valence electrons. The Morgan fingerprint density at radius 1 is 1.24 bits per heavy atom. The molecule has 7 nitrogen and oxygen atoms in total. The second-order valence-electron chi connectivity index (χ2n) is 5.99. The van der Waals surface area contributed by atoms with Crippen molar-refractivity contribution in [1.29, 1.82) is 0 Å². The van der Waals surface area contributed by atoms with Crippen LogP contribution >= 0.6 is 0 Å². The molecule has 0 radical (unpaired) electrons. The first-order valence-corrected chi connectivity index (χ1v) is 8.50. The van der Waals surface area contributed by atoms with Gasteiger partial charge >= 0.3 is 6.18 Å². The van der Waals surface area contributed by atoms with Gasteiger partial charge in [-0.1, -0.05) is 6.92 Å². The first-order chi connectivity index (χ1) is 13.6. The number of alkyl halides is 3. The van der Waals surface area contributed by atoms with E-state index in [1.807, 2.05) is 0 Å². The van der Waals surface area contributed by atoms with Crippen LogP contribution in [-0.4, -0.2) is 34.6 Å². The average molecular weight is 414 g/mol. The maximum Gasteiger partial charge on any atom is 0.422 e. The van der Waals surface area contributed by atoms with Gasteiger partial charge in [0.25, 0.3) is 11.8 Å². The number of aromatic nitrogens is 2. The van der Waals surface area contributed by atoms with E-state index in [2.05, 4.69) is 25.3 Å². The number of hydrogen-bond acceptors (Lipinski definition) is 5. The molecule has 0 aromatic carbocycles. The Morgan fingerprint density at radius 2 is 1.97 bits per heavy atom. The normalized spacial score (nSPS) is 12.2. The van der Waals surface area contributed by atoms with Crippen molar-refractivity contribution in [2.24, 2.45) is 0 Å². The third-order valence-electron chi connectivity index (χ3n) is 3.66. The number of carbonyl (C=O) groups excluding carboxylic acids is 2. The van der Waals surface area contributed by atoms with E-state index in [4.69, 9.17) is 0 Å². The Kier molecular flexibility index (Phi) is 7.08. The summed E-state index contributed by atoms with van der Waals surface area (Å²) < 4.78 is 54.5. The van der Waals surface area contributed by atoms with Gasteiger partial charge in [-0.05, 0) is 30.7 Å². The molecule has 0 spiro atoms. The fraction of sp³-hybridized carbons (Fsp3) is 0.333. The van der Waals surface area contributed by atoms with Crippen molar-refractivity contribution in [3.8, 4) is 5.88 Å². The minimum atomic E-state index is -4.64. The van der Waals surface area contributed by atoms with Crippen LogP contribution in [0, 0.1) is 5.82 Å². The largest absolute Gasteiger partial charge is 0.466 e. The van der Waals surface area contributed by atoms with Crippen LogP contribution in [0.3, 0.4) is 0 Å². The van der Waals surface area contributed by atoms with Crippen LogP contribution in [0.15, 0.2) is 30.6 Å². The Bertz CT molecular complexity index is 890. The van der Waals surface area contributed by atoms with Crippen LogP contribution < -0.4 is 15.4 Å². The summed E-state index contributed by atoms with van der Waals surface area (Å²) in [6.07, 6.45) is -1.99. The summed E-state index contributed by atoms with van der Waals surface area (Å²) in [6.45, 7) is 1.65. The van der Waals surface area contributed by atoms with E-state index in [1.54, 1.807) is 26.0 Å². The molecule has 2 amide bonds. The maximum absolute atomic E-state index is 13.9. The van der Waals surface area contributed by atoms with Crippen LogP contribution in [0.4, 0.5) is 23.4 Å². The van der Waals surface area contributed by atoms with Gasteiger partial charge in [-0.3, -0.25) is 9.59 Å². The molecule has 2 N–H and O–H groups in total. The summed E-state index contributed by atoms with van der Waals surface area (Å²) in [4.78, 5) is 31.2. The summed E-state index contributed by atoms with van der Waals surface area (Å²) in [5, 5.41) is 5.19. The molecule has 29 heavy (non-hydrogen) atoms. The third-order valence-corrected chi connectivity index (χ3v) is 3.66. The predicted molar refractivity (Wildman–Crippen MR) is 94.8 cm³/mol. The molecule has 1 unspecified atom stereocenters. The number of amides is 2. The van der Waals surface area contributed by atoms with Gasteiger partial charge in [-0.25, -0.2) is 14.4 Å². The lowest BCUT2D eigenvalue weighted by Crippen LogP contribution is -2.27. The van der Waals surface area contributed by atoms with Gasteiger partial charge in [-0.2, -0.15) is 13.2 Å². The summed E-state index contributed by atoms with van der Waals surface area (Å²) in [7, 11) is 0. The van der Waals surface area contributed by atoms with Crippen molar-refractivity contribution in [2.75, 3.05) is 11.9 Å².